The van der Waals surface area contributed by atoms with Crippen LogP contribution < -0.4 is 21.3 Å². The van der Waals surface area contributed by atoms with Crippen molar-refractivity contribution in [2.24, 2.45) is 0 Å². The monoisotopic (exact) mass is 306 g/mol. The Morgan fingerprint density at radius 3 is 2.57 bits per heavy atom. The van der Waals surface area contributed by atoms with Crippen LogP contribution in [0.25, 0.3) is 0 Å². The highest BCUT2D eigenvalue weighted by molar-refractivity contribution is 7.13. The molecule has 8 heteroatoms. The van der Waals surface area contributed by atoms with E-state index in [1.54, 1.807) is 36.8 Å². The molecule has 21 heavy (non-hydrogen) atoms. The fourth-order valence-corrected chi connectivity index (χ4v) is 2.12. The molecule has 0 aliphatic heterocycles. The lowest BCUT2D eigenvalue weighted by Crippen LogP contribution is -2.42. The minimum atomic E-state index is -0.413. The van der Waals surface area contributed by atoms with Gasteiger partial charge in [0.25, 0.3) is 5.91 Å². The molecule has 7 nitrogen and oxygen atoms in total. The number of hydrogen-bond acceptors (Lipinski definition) is 6. The minimum Gasteiger partial charge on any atom is -0.497 e. The van der Waals surface area contributed by atoms with Crippen LogP contribution in [-0.2, 0) is 11.2 Å². The van der Waals surface area contributed by atoms with Crippen molar-refractivity contribution in [3.05, 3.63) is 40.9 Å². The summed E-state index contributed by atoms with van der Waals surface area (Å²) in [6, 6.07) is 6.52. The van der Waals surface area contributed by atoms with Gasteiger partial charge in [-0.25, -0.2) is 4.98 Å². The largest absolute Gasteiger partial charge is 0.497 e. The van der Waals surface area contributed by atoms with E-state index >= 15 is 0 Å². The Labute approximate surface area is 125 Å². The summed E-state index contributed by atoms with van der Waals surface area (Å²) >= 11 is 1.26. The molecule has 2 rings (SSSR count). The number of anilines is 1. The number of thiazole rings is 1. The first kappa shape index (κ1) is 14.8. The number of nitrogens with zero attached hydrogens (tertiary/aromatic N) is 1. The van der Waals surface area contributed by atoms with E-state index in [1.165, 1.54) is 11.3 Å². The van der Waals surface area contributed by atoms with E-state index in [0.29, 0.717) is 22.1 Å². The van der Waals surface area contributed by atoms with Crippen molar-refractivity contribution in [1.29, 1.82) is 0 Å². The molecule has 0 saturated carbocycles. The summed E-state index contributed by atoms with van der Waals surface area (Å²) in [5.41, 5.74) is 11.1. The lowest BCUT2D eigenvalue weighted by atomic mass is 10.2. The normalized spacial score (nSPS) is 9.95. The first-order valence-corrected chi connectivity index (χ1v) is 6.89. The number of methoxy groups -OCH3 is 1. The third-order valence-corrected chi connectivity index (χ3v) is 3.30. The van der Waals surface area contributed by atoms with Gasteiger partial charge in [0.1, 0.15) is 5.75 Å². The molecule has 1 aromatic heterocycles. The molecule has 0 spiro atoms. The maximum Gasteiger partial charge on any atom is 0.269 e. The fourth-order valence-electron chi connectivity index (χ4n) is 1.55. The highest BCUT2D eigenvalue weighted by atomic mass is 32.1. The van der Waals surface area contributed by atoms with E-state index in [2.05, 4.69) is 15.8 Å². The molecule has 0 unspecified atom stereocenters. The standard InChI is InChI=1S/C13H14N4O3S/c1-20-10-4-2-8(3-5-10)12(19)17-16-11(18)6-9-7-21-13(14)15-9/h2-5,7H,6H2,1H3,(H2,14,15)(H,16,18)(H,17,19). The summed E-state index contributed by atoms with van der Waals surface area (Å²) in [5, 5.41) is 2.10. The number of benzene rings is 1. The van der Waals surface area contributed by atoms with Crippen LogP contribution in [-0.4, -0.2) is 23.9 Å². The second kappa shape index (κ2) is 6.71. The van der Waals surface area contributed by atoms with Crippen LogP contribution in [0.5, 0.6) is 5.75 Å². The van der Waals surface area contributed by atoms with Crippen LogP contribution in [0.4, 0.5) is 5.13 Å². The van der Waals surface area contributed by atoms with E-state index in [1.807, 2.05) is 0 Å². The molecule has 1 aromatic carbocycles. The lowest BCUT2D eigenvalue weighted by molar-refractivity contribution is -0.121. The number of rotatable bonds is 4. The number of nitrogens with one attached hydrogen (secondary N) is 2. The number of ether oxygens (including phenoxy) is 1. The third kappa shape index (κ3) is 4.18. The van der Waals surface area contributed by atoms with E-state index in [-0.39, 0.29) is 12.3 Å². The number of carbonyl (C=O) groups is 2. The van der Waals surface area contributed by atoms with Crippen molar-refractivity contribution in [2.75, 3.05) is 12.8 Å². The summed E-state index contributed by atoms with van der Waals surface area (Å²) in [5.74, 6) is -0.136. The topological polar surface area (TPSA) is 106 Å². The Hall–Kier alpha value is -2.61. The van der Waals surface area contributed by atoms with Gasteiger partial charge in [-0.3, -0.25) is 20.4 Å². The zero-order valence-electron chi connectivity index (χ0n) is 11.3. The zero-order valence-corrected chi connectivity index (χ0v) is 12.1. The van der Waals surface area contributed by atoms with Gasteiger partial charge in [-0.2, -0.15) is 0 Å². The van der Waals surface area contributed by atoms with E-state index in [0.717, 1.165) is 0 Å². The lowest BCUT2D eigenvalue weighted by Gasteiger charge is -2.07. The number of hydrazine groups is 1. The maximum absolute atomic E-state index is 11.8. The minimum absolute atomic E-state index is 0.0522. The van der Waals surface area contributed by atoms with Crippen molar-refractivity contribution in [3.8, 4) is 5.75 Å². The molecule has 2 amide bonds. The predicted molar refractivity (Wildman–Crippen MR) is 78.8 cm³/mol. The summed E-state index contributed by atoms with van der Waals surface area (Å²) < 4.78 is 5.00. The number of nitrogens with two attached hydrogens (primary N) is 1. The molecule has 0 saturated heterocycles. The molecule has 110 valence electrons. The van der Waals surface area contributed by atoms with Crippen molar-refractivity contribution in [3.63, 3.8) is 0 Å². The Kier molecular flexibility index (Phi) is 4.72. The molecule has 2 aromatic rings. The molecule has 0 aliphatic carbocycles. The summed E-state index contributed by atoms with van der Waals surface area (Å²) in [6.45, 7) is 0. The second-order valence-corrected chi connectivity index (χ2v) is 4.97. The van der Waals surface area contributed by atoms with E-state index < -0.39 is 5.91 Å². The van der Waals surface area contributed by atoms with Crippen molar-refractivity contribution < 1.29 is 14.3 Å². The molecule has 1 heterocycles. The van der Waals surface area contributed by atoms with Gasteiger partial charge in [-0.05, 0) is 24.3 Å². The number of hydrogen-bond donors (Lipinski definition) is 3. The zero-order chi connectivity index (χ0) is 15.2. The van der Waals surface area contributed by atoms with Crippen molar-refractivity contribution in [2.45, 2.75) is 6.42 Å². The summed E-state index contributed by atoms with van der Waals surface area (Å²) in [6.07, 6.45) is 0.0522. The van der Waals surface area contributed by atoms with Crippen molar-refractivity contribution in [1.82, 2.24) is 15.8 Å². The molecular formula is C13H14N4O3S. The van der Waals surface area contributed by atoms with Crippen LogP contribution in [0.3, 0.4) is 0 Å². The smallest absolute Gasteiger partial charge is 0.269 e. The Balaban J connectivity index is 1.83. The van der Waals surface area contributed by atoms with Gasteiger partial charge in [0.15, 0.2) is 5.13 Å². The molecule has 0 atom stereocenters. The summed E-state index contributed by atoms with van der Waals surface area (Å²) in [4.78, 5) is 27.4. The second-order valence-electron chi connectivity index (χ2n) is 4.08. The average Bonchev–Trinajstić information content (AvgIpc) is 2.90. The van der Waals surface area contributed by atoms with Gasteiger partial charge in [0, 0.05) is 10.9 Å². The maximum atomic E-state index is 11.8. The molecule has 4 N–H and O–H groups in total. The van der Waals surface area contributed by atoms with E-state index in [9.17, 15) is 9.59 Å². The number of carbonyl (C=O) groups excluding carboxylic acids is 2. The van der Waals surface area contributed by atoms with Gasteiger partial charge < -0.3 is 10.5 Å². The predicted octanol–water partition coefficient (Wildman–Crippen LogP) is 0.738. The van der Waals surface area contributed by atoms with Crippen LogP contribution >= 0.6 is 11.3 Å². The molecule has 0 aliphatic rings. The van der Waals surface area contributed by atoms with Crippen LogP contribution in [0.1, 0.15) is 16.1 Å². The molecular weight excluding hydrogens is 292 g/mol. The summed E-state index contributed by atoms with van der Waals surface area (Å²) in [7, 11) is 1.54. The highest BCUT2D eigenvalue weighted by Crippen LogP contribution is 2.12. The number of nitrogen functional groups attached to an aromatic ring is 1. The fraction of sp³-hybridized carbons (Fsp3) is 0.154. The Morgan fingerprint density at radius 1 is 1.29 bits per heavy atom. The van der Waals surface area contributed by atoms with Gasteiger partial charge in [0.2, 0.25) is 5.91 Å². The first-order valence-electron chi connectivity index (χ1n) is 6.01. The van der Waals surface area contributed by atoms with Crippen LogP contribution in [0.15, 0.2) is 29.6 Å². The Bertz CT molecular complexity index is 639. The average molecular weight is 306 g/mol. The molecule has 0 fully saturated rings. The molecule has 0 bridgehead atoms. The number of aromatic nitrogens is 1. The van der Waals surface area contributed by atoms with Gasteiger partial charge in [-0.1, -0.05) is 0 Å². The number of amides is 2. The van der Waals surface area contributed by atoms with Gasteiger partial charge in [-0.15, -0.1) is 11.3 Å². The highest BCUT2D eigenvalue weighted by Gasteiger charge is 2.09. The van der Waals surface area contributed by atoms with E-state index in [4.69, 9.17) is 10.5 Å². The van der Waals surface area contributed by atoms with Crippen LogP contribution in [0.2, 0.25) is 0 Å². The third-order valence-electron chi connectivity index (χ3n) is 2.58. The quantitative estimate of drug-likeness (QED) is 0.722. The van der Waals surface area contributed by atoms with Gasteiger partial charge in [0.05, 0.1) is 19.2 Å². The Morgan fingerprint density at radius 2 is 2.00 bits per heavy atom. The molecule has 0 radical (unpaired) electrons. The van der Waals surface area contributed by atoms with Crippen LogP contribution in [0, 0.1) is 0 Å². The first-order chi connectivity index (χ1) is 10.1. The van der Waals surface area contributed by atoms with Gasteiger partial charge >= 0.3 is 0 Å². The SMILES string of the molecule is COc1ccc(C(=O)NNC(=O)Cc2csc(N)n2)cc1. The van der Waals surface area contributed by atoms with Crippen molar-refractivity contribution >= 4 is 28.3 Å².